The van der Waals surface area contributed by atoms with Crippen LogP contribution in [0.1, 0.15) is 11.1 Å². The summed E-state index contributed by atoms with van der Waals surface area (Å²) in [5.41, 5.74) is -20.9. The number of alkyl halides is 14. The monoisotopic (exact) mass is 686 g/mol. The van der Waals surface area contributed by atoms with Gasteiger partial charge in [0.25, 0.3) is 11.9 Å². The molecule has 44 heavy (non-hydrogen) atoms. The molecule has 2 aromatic rings. The Balaban J connectivity index is 2.62. The molecule has 0 radical (unpaired) electrons. The summed E-state index contributed by atoms with van der Waals surface area (Å²) in [6, 6.07) is 0. The van der Waals surface area contributed by atoms with Crippen molar-refractivity contribution in [1.29, 1.82) is 0 Å². The van der Waals surface area contributed by atoms with Crippen LogP contribution >= 0.6 is 0 Å². The fraction of sp³-hybridized carbons (Fsp3) is 0.500. The molecule has 0 aromatic carbocycles. The van der Waals surface area contributed by atoms with Gasteiger partial charge in [-0.05, 0) is 0 Å². The van der Waals surface area contributed by atoms with Crippen LogP contribution in [0, 0.1) is 35.2 Å². The number of halogens is 20. The molecule has 0 aliphatic rings. The molecule has 0 spiro atoms. The van der Waals surface area contributed by atoms with Crippen LogP contribution in [0.2, 0.25) is 0 Å². The second kappa shape index (κ2) is 11.1. The summed E-state index contributed by atoms with van der Waals surface area (Å²) in [7, 11) is 0.809. The van der Waals surface area contributed by atoms with Gasteiger partial charge < -0.3 is 9.80 Å². The fourth-order valence-corrected chi connectivity index (χ4v) is 3.52. The summed E-state index contributed by atoms with van der Waals surface area (Å²) in [5, 5.41) is 0. The maximum Gasteiger partial charge on any atom is 0.436 e. The van der Waals surface area contributed by atoms with E-state index in [9.17, 15) is 87.8 Å². The summed E-state index contributed by atoms with van der Waals surface area (Å²) in [4.78, 5) is 4.70. The Bertz CT molecular complexity index is 1260. The predicted molar refractivity (Wildman–Crippen MR) is 105 cm³/mol. The van der Waals surface area contributed by atoms with Crippen LogP contribution in [-0.4, -0.2) is 61.9 Å². The molecule has 250 valence electrons. The molecule has 2 heterocycles. The highest BCUT2D eigenvalue weighted by molar-refractivity contribution is 5.49. The zero-order valence-corrected chi connectivity index (χ0v) is 20.8. The van der Waals surface area contributed by atoms with Crippen molar-refractivity contribution in [2.45, 2.75) is 36.0 Å². The highest BCUT2D eigenvalue weighted by atomic mass is 19.4. The van der Waals surface area contributed by atoms with Crippen molar-refractivity contribution in [2.24, 2.45) is 0 Å². The van der Waals surface area contributed by atoms with Crippen molar-refractivity contribution in [3.05, 3.63) is 46.3 Å². The van der Waals surface area contributed by atoms with Gasteiger partial charge in [0, 0.05) is 27.2 Å². The third-order valence-electron chi connectivity index (χ3n) is 5.79. The molecule has 0 fully saturated rings. The van der Waals surface area contributed by atoms with Gasteiger partial charge in [-0.15, -0.1) is 0 Å². The average Bonchev–Trinajstić information content (AvgIpc) is 2.83. The van der Waals surface area contributed by atoms with E-state index in [1.165, 1.54) is 0 Å². The van der Waals surface area contributed by atoms with Gasteiger partial charge in [0.05, 0.1) is 11.1 Å². The SMILES string of the molecule is CN(CCN(C)c1nc(F)c(F)c(C(F)(C(F)(F)F)C(F)(F)F)c1F)c1nc(F)c(F)c(C(F)(C(F)(F)F)C(F)(F)F)c1F. The zero-order valence-electron chi connectivity index (χ0n) is 20.8. The van der Waals surface area contributed by atoms with Crippen molar-refractivity contribution in [3.8, 4) is 0 Å². The molecule has 24 heteroatoms. The molecule has 0 N–H and O–H groups in total. The number of rotatable bonds is 7. The van der Waals surface area contributed by atoms with Crippen LogP contribution in [0.15, 0.2) is 0 Å². The Labute approximate surface area is 229 Å². The van der Waals surface area contributed by atoms with Crippen LogP contribution in [0.5, 0.6) is 0 Å². The molecule has 0 aliphatic carbocycles. The summed E-state index contributed by atoms with van der Waals surface area (Å²) in [6.45, 7) is -2.56. The second-order valence-corrected chi connectivity index (χ2v) is 8.61. The fourth-order valence-electron chi connectivity index (χ4n) is 3.52. The van der Waals surface area contributed by atoms with Crippen LogP contribution < -0.4 is 9.80 Å². The quantitative estimate of drug-likeness (QED) is 0.224. The number of anilines is 2. The first-order chi connectivity index (χ1) is 19.5. The van der Waals surface area contributed by atoms with Crippen LogP contribution in [0.3, 0.4) is 0 Å². The number of likely N-dealkylation sites (N-methyl/N-ethyl adjacent to an activating group) is 2. The van der Waals surface area contributed by atoms with Gasteiger partial charge in [-0.2, -0.15) is 71.4 Å². The summed E-state index contributed by atoms with van der Waals surface area (Å²) >= 11 is 0. The van der Waals surface area contributed by atoms with E-state index < -0.39 is 107 Å². The maximum atomic E-state index is 14.8. The lowest BCUT2D eigenvalue weighted by molar-refractivity contribution is -0.351. The van der Waals surface area contributed by atoms with Crippen molar-refractivity contribution < 1.29 is 87.8 Å². The predicted octanol–water partition coefficient (Wildman–Crippen LogP) is 7.46. The first kappa shape index (κ1) is 36.7. The van der Waals surface area contributed by atoms with Crippen molar-refractivity contribution >= 4 is 11.6 Å². The molecule has 0 saturated heterocycles. The van der Waals surface area contributed by atoms with Gasteiger partial charge >= 0.3 is 36.0 Å². The molecular weight excluding hydrogens is 676 g/mol. The van der Waals surface area contributed by atoms with E-state index in [2.05, 4.69) is 9.97 Å². The third-order valence-corrected chi connectivity index (χ3v) is 5.79. The van der Waals surface area contributed by atoms with Crippen molar-refractivity contribution in [3.63, 3.8) is 0 Å². The largest absolute Gasteiger partial charge is 0.436 e. The molecule has 0 unspecified atom stereocenters. The maximum absolute atomic E-state index is 14.8. The Morgan fingerprint density at radius 3 is 0.864 bits per heavy atom. The summed E-state index contributed by atoms with van der Waals surface area (Å²) in [5.74, 6) is -22.9. The Morgan fingerprint density at radius 1 is 0.432 bits per heavy atom. The van der Waals surface area contributed by atoms with Gasteiger partial charge in [0.1, 0.15) is 0 Å². The molecule has 0 aliphatic heterocycles. The topological polar surface area (TPSA) is 32.3 Å². The van der Waals surface area contributed by atoms with Gasteiger partial charge in [0.2, 0.25) is 0 Å². The number of hydrogen-bond donors (Lipinski definition) is 0. The first-order valence-corrected chi connectivity index (χ1v) is 10.6. The van der Waals surface area contributed by atoms with Crippen LogP contribution in [-0.2, 0) is 11.3 Å². The van der Waals surface area contributed by atoms with Gasteiger partial charge in [-0.3, -0.25) is 0 Å². The molecule has 2 rings (SSSR count). The summed E-state index contributed by atoms with van der Waals surface area (Å²) < 4.78 is 271. The van der Waals surface area contributed by atoms with Crippen molar-refractivity contribution in [2.75, 3.05) is 37.0 Å². The number of pyridine rings is 2. The van der Waals surface area contributed by atoms with E-state index in [0.717, 1.165) is 0 Å². The van der Waals surface area contributed by atoms with Gasteiger partial charge in [-0.25, -0.2) is 26.3 Å². The van der Waals surface area contributed by atoms with Gasteiger partial charge in [0.15, 0.2) is 34.9 Å². The van der Waals surface area contributed by atoms with Crippen LogP contribution in [0.25, 0.3) is 0 Å². The highest BCUT2D eigenvalue weighted by Crippen LogP contribution is 2.56. The number of nitrogens with zero attached hydrogens (tertiary/aromatic N) is 4. The minimum absolute atomic E-state index is 0.0470. The number of hydrogen-bond acceptors (Lipinski definition) is 4. The average molecular weight is 686 g/mol. The Hall–Kier alpha value is -3.50. The van der Waals surface area contributed by atoms with Crippen LogP contribution in [0.4, 0.5) is 99.4 Å². The van der Waals surface area contributed by atoms with E-state index in [1.807, 2.05) is 0 Å². The van der Waals surface area contributed by atoms with E-state index in [0.29, 0.717) is 14.1 Å². The molecule has 0 bridgehead atoms. The van der Waals surface area contributed by atoms with E-state index in [1.54, 1.807) is 0 Å². The summed E-state index contributed by atoms with van der Waals surface area (Å²) in [6.07, 6.45) is -28.7. The molecule has 0 saturated carbocycles. The molecule has 4 nitrogen and oxygen atoms in total. The molecule has 0 atom stereocenters. The number of aromatic nitrogens is 2. The lowest BCUT2D eigenvalue weighted by Gasteiger charge is -2.32. The van der Waals surface area contributed by atoms with E-state index in [-0.39, 0.29) is 9.80 Å². The standard InChI is InChI=1S/C20H10F20N4/c1-43(13-9(23)5(7(21)11(25)41-13)15(27,17(29,30)31)18(32,33)34)3-4-44(2)14-10(24)6(8(22)12(26)42-14)16(28,19(35,36)37)20(38,39)40/h3-4H2,1-2H3. The minimum Gasteiger partial charge on any atom is -0.355 e. The van der Waals surface area contributed by atoms with Crippen molar-refractivity contribution in [1.82, 2.24) is 9.97 Å². The Morgan fingerprint density at radius 2 is 0.659 bits per heavy atom. The second-order valence-electron chi connectivity index (χ2n) is 8.61. The Kier molecular flexibility index (Phi) is 9.29. The molecule has 2 aromatic heterocycles. The normalized spacial score (nSPS) is 13.9. The van der Waals surface area contributed by atoms with E-state index >= 15 is 0 Å². The minimum atomic E-state index is -7.16. The molecular formula is C20H10F20N4. The first-order valence-electron chi connectivity index (χ1n) is 10.6. The molecule has 0 amide bonds. The smallest absolute Gasteiger partial charge is 0.355 e. The highest BCUT2D eigenvalue weighted by Gasteiger charge is 2.77. The lowest BCUT2D eigenvalue weighted by atomic mass is 9.93. The van der Waals surface area contributed by atoms with Gasteiger partial charge in [-0.1, -0.05) is 0 Å². The zero-order chi connectivity index (χ0) is 34.8. The third kappa shape index (κ3) is 5.70. The van der Waals surface area contributed by atoms with E-state index in [4.69, 9.17) is 0 Å². The lowest BCUT2D eigenvalue weighted by Crippen LogP contribution is -2.52.